The van der Waals surface area contributed by atoms with Crippen LogP contribution in [0.5, 0.6) is 5.75 Å². The monoisotopic (exact) mass is 269 g/mol. The molecule has 1 aliphatic heterocycles. The standard InChI is InChI=1S/C11H8ClNO3S/c1-15-10(14)8-4-5-7(16-8)3-2-6-9(5)17-11(12)13-6/h2-3,8H,4H2,1H3/t8-/m0/s1. The number of ether oxygens (including phenoxy) is 2. The molecule has 0 radical (unpaired) electrons. The van der Waals surface area contributed by atoms with Gasteiger partial charge in [0.1, 0.15) is 5.75 Å². The number of carbonyl (C=O) groups is 1. The Balaban J connectivity index is 2.07. The molecule has 88 valence electrons. The van der Waals surface area contributed by atoms with Gasteiger partial charge in [-0.15, -0.1) is 11.3 Å². The maximum atomic E-state index is 11.4. The molecule has 4 nitrogen and oxygen atoms in total. The first kappa shape index (κ1) is 10.8. The first-order valence-corrected chi connectivity index (χ1v) is 6.21. The Bertz CT molecular complexity index is 610. The zero-order chi connectivity index (χ0) is 12.0. The molecule has 0 saturated carbocycles. The van der Waals surface area contributed by atoms with Crippen molar-refractivity contribution in [1.29, 1.82) is 0 Å². The van der Waals surface area contributed by atoms with Gasteiger partial charge in [-0.25, -0.2) is 9.78 Å². The average Bonchev–Trinajstić information content (AvgIpc) is 2.89. The molecule has 0 amide bonds. The fourth-order valence-corrected chi connectivity index (χ4v) is 3.11. The number of benzene rings is 1. The van der Waals surface area contributed by atoms with Crippen LogP contribution in [0.2, 0.25) is 4.47 Å². The van der Waals surface area contributed by atoms with Crippen molar-refractivity contribution in [1.82, 2.24) is 4.98 Å². The number of methoxy groups -OCH3 is 1. The number of hydrogen-bond donors (Lipinski definition) is 0. The highest BCUT2D eigenvalue weighted by molar-refractivity contribution is 7.22. The van der Waals surface area contributed by atoms with E-state index >= 15 is 0 Å². The lowest BCUT2D eigenvalue weighted by atomic mass is 10.1. The van der Waals surface area contributed by atoms with Crippen molar-refractivity contribution in [2.75, 3.05) is 7.11 Å². The minimum atomic E-state index is -0.554. The zero-order valence-corrected chi connectivity index (χ0v) is 10.5. The molecule has 2 heterocycles. The molecule has 1 aromatic carbocycles. The molecule has 0 N–H and O–H groups in total. The number of esters is 1. The molecule has 1 aromatic heterocycles. The molecular formula is C11H8ClNO3S. The van der Waals surface area contributed by atoms with Gasteiger partial charge in [0.15, 0.2) is 10.6 Å². The Morgan fingerprint density at radius 2 is 2.47 bits per heavy atom. The van der Waals surface area contributed by atoms with Crippen molar-refractivity contribution >= 4 is 39.1 Å². The number of carbonyl (C=O) groups excluding carboxylic acids is 1. The quantitative estimate of drug-likeness (QED) is 0.746. The lowest BCUT2D eigenvalue weighted by molar-refractivity contribution is -0.147. The van der Waals surface area contributed by atoms with Crippen LogP contribution in [0.3, 0.4) is 0 Å². The molecule has 0 spiro atoms. The van der Waals surface area contributed by atoms with Crippen molar-refractivity contribution in [2.45, 2.75) is 12.5 Å². The third-order valence-electron chi connectivity index (χ3n) is 2.71. The van der Waals surface area contributed by atoms with Crippen LogP contribution in [0, 0.1) is 0 Å². The summed E-state index contributed by atoms with van der Waals surface area (Å²) in [6, 6.07) is 3.66. The number of aromatic nitrogens is 1. The van der Waals surface area contributed by atoms with Gasteiger partial charge in [-0.2, -0.15) is 0 Å². The molecule has 1 atom stereocenters. The minimum absolute atomic E-state index is 0.357. The number of thiazole rings is 1. The van der Waals surface area contributed by atoms with E-state index in [1.54, 1.807) is 0 Å². The van der Waals surface area contributed by atoms with Gasteiger partial charge in [0.2, 0.25) is 0 Å². The van der Waals surface area contributed by atoms with Gasteiger partial charge in [0.05, 0.1) is 17.3 Å². The van der Waals surface area contributed by atoms with E-state index in [1.807, 2.05) is 12.1 Å². The van der Waals surface area contributed by atoms with Crippen LogP contribution < -0.4 is 4.74 Å². The van der Waals surface area contributed by atoms with E-state index in [0.29, 0.717) is 16.6 Å². The summed E-state index contributed by atoms with van der Waals surface area (Å²) in [5.41, 5.74) is 1.83. The van der Waals surface area contributed by atoms with E-state index in [1.165, 1.54) is 18.4 Å². The van der Waals surface area contributed by atoms with Gasteiger partial charge in [0, 0.05) is 12.0 Å². The maximum absolute atomic E-state index is 11.4. The molecule has 1 aliphatic rings. The third-order valence-corrected chi connectivity index (χ3v) is 3.95. The second kappa shape index (κ2) is 3.85. The lowest BCUT2D eigenvalue weighted by Crippen LogP contribution is -2.26. The average molecular weight is 270 g/mol. The van der Waals surface area contributed by atoms with E-state index in [2.05, 4.69) is 9.72 Å². The summed E-state index contributed by atoms with van der Waals surface area (Å²) in [5.74, 6) is 0.359. The molecule has 0 saturated heterocycles. The van der Waals surface area contributed by atoms with Crippen molar-refractivity contribution in [3.05, 3.63) is 22.2 Å². The van der Waals surface area contributed by atoms with Crippen molar-refractivity contribution in [2.24, 2.45) is 0 Å². The predicted octanol–water partition coefficient (Wildman–Crippen LogP) is 2.43. The smallest absolute Gasteiger partial charge is 0.347 e. The molecule has 2 aromatic rings. The summed E-state index contributed by atoms with van der Waals surface area (Å²) in [7, 11) is 1.35. The van der Waals surface area contributed by atoms with Crippen LogP contribution >= 0.6 is 22.9 Å². The van der Waals surface area contributed by atoms with Gasteiger partial charge in [-0.1, -0.05) is 11.6 Å². The maximum Gasteiger partial charge on any atom is 0.347 e. The highest BCUT2D eigenvalue weighted by Gasteiger charge is 2.31. The van der Waals surface area contributed by atoms with Gasteiger partial charge in [-0.3, -0.25) is 0 Å². The third kappa shape index (κ3) is 1.66. The second-order valence-corrected chi connectivity index (χ2v) is 5.27. The normalized spacial score (nSPS) is 17.9. The van der Waals surface area contributed by atoms with Gasteiger partial charge < -0.3 is 9.47 Å². The number of hydrogen-bond acceptors (Lipinski definition) is 5. The van der Waals surface area contributed by atoms with E-state index in [4.69, 9.17) is 16.3 Å². The van der Waals surface area contributed by atoms with Crippen LogP contribution in [0.1, 0.15) is 5.56 Å². The van der Waals surface area contributed by atoms with Crippen LogP contribution in [-0.4, -0.2) is 24.2 Å². The Labute approximate surface area is 106 Å². The number of rotatable bonds is 1. The second-order valence-electron chi connectivity index (χ2n) is 3.69. The largest absolute Gasteiger partial charge is 0.478 e. The van der Waals surface area contributed by atoms with Crippen molar-refractivity contribution in [3.63, 3.8) is 0 Å². The Morgan fingerprint density at radius 3 is 3.24 bits per heavy atom. The molecule has 0 fully saturated rings. The first-order chi connectivity index (χ1) is 8.19. The molecule has 0 unspecified atom stereocenters. The van der Waals surface area contributed by atoms with Crippen molar-refractivity contribution < 1.29 is 14.3 Å². The minimum Gasteiger partial charge on any atom is -0.478 e. The Hall–Kier alpha value is -1.33. The SMILES string of the molecule is COC(=O)[C@@H]1Cc2c(ccc3nc(Cl)sc23)O1. The van der Waals surface area contributed by atoms with E-state index in [9.17, 15) is 4.79 Å². The molecule has 6 heteroatoms. The predicted molar refractivity (Wildman–Crippen MR) is 64.8 cm³/mol. The van der Waals surface area contributed by atoms with E-state index < -0.39 is 6.10 Å². The molecule has 3 rings (SSSR count). The van der Waals surface area contributed by atoms with Crippen molar-refractivity contribution in [3.8, 4) is 5.75 Å². The number of nitrogens with zero attached hydrogens (tertiary/aromatic N) is 1. The van der Waals surface area contributed by atoms with Crippen LogP contribution in [0.4, 0.5) is 0 Å². The molecule has 17 heavy (non-hydrogen) atoms. The molecular weight excluding hydrogens is 262 g/mol. The van der Waals surface area contributed by atoms with Gasteiger partial charge >= 0.3 is 5.97 Å². The van der Waals surface area contributed by atoms with Gasteiger partial charge in [-0.05, 0) is 12.1 Å². The summed E-state index contributed by atoms with van der Waals surface area (Å²) in [4.78, 5) is 15.6. The highest BCUT2D eigenvalue weighted by atomic mass is 35.5. The highest BCUT2D eigenvalue weighted by Crippen LogP contribution is 2.39. The molecule has 0 aliphatic carbocycles. The Morgan fingerprint density at radius 1 is 1.65 bits per heavy atom. The first-order valence-electron chi connectivity index (χ1n) is 5.01. The van der Waals surface area contributed by atoms with E-state index in [-0.39, 0.29) is 5.97 Å². The zero-order valence-electron chi connectivity index (χ0n) is 8.90. The summed E-state index contributed by atoms with van der Waals surface area (Å²) in [5, 5.41) is 0. The van der Waals surface area contributed by atoms with Crippen LogP contribution in [0.25, 0.3) is 10.2 Å². The summed E-state index contributed by atoms with van der Waals surface area (Å²) in [6.07, 6.45) is -0.0424. The summed E-state index contributed by atoms with van der Waals surface area (Å²) >= 11 is 7.29. The molecule has 0 bridgehead atoms. The topological polar surface area (TPSA) is 48.4 Å². The summed E-state index contributed by atoms with van der Waals surface area (Å²) in [6.45, 7) is 0. The number of fused-ring (bicyclic) bond motifs is 3. The fourth-order valence-electron chi connectivity index (χ4n) is 1.95. The summed E-state index contributed by atoms with van der Waals surface area (Å²) < 4.78 is 11.7. The van der Waals surface area contributed by atoms with Crippen LogP contribution in [-0.2, 0) is 16.0 Å². The van der Waals surface area contributed by atoms with Gasteiger partial charge in [0.25, 0.3) is 0 Å². The number of halogens is 1. The Kier molecular flexibility index (Phi) is 2.45. The fraction of sp³-hybridized carbons (Fsp3) is 0.273. The lowest BCUT2D eigenvalue weighted by Gasteiger charge is -2.06. The van der Waals surface area contributed by atoms with Crippen LogP contribution in [0.15, 0.2) is 12.1 Å². The van der Waals surface area contributed by atoms with E-state index in [0.717, 1.165) is 15.8 Å².